The number of rotatable bonds is 2. The second kappa shape index (κ2) is 5.52. The number of methoxy groups -OCH3 is 1. The van der Waals surface area contributed by atoms with Gasteiger partial charge in [0.15, 0.2) is 0 Å². The van der Waals surface area contributed by atoms with Crippen molar-refractivity contribution >= 4 is 17.5 Å². The van der Waals surface area contributed by atoms with Crippen molar-refractivity contribution in [3.8, 4) is 0 Å². The Labute approximate surface area is 124 Å². The minimum atomic E-state index is -0.412. The van der Waals surface area contributed by atoms with Gasteiger partial charge in [-0.1, -0.05) is 0 Å². The van der Waals surface area contributed by atoms with Gasteiger partial charge >= 0.3 is 5.97 Å². The van der Waals surface area contributed by atoms with Gasteiger partial charge in [0.2, 0.25) is 0 Å². The van der Waals surface area contributed by atoms with E-state index in [4.69, 9.17) is 10.5 Å². The summed E-state index contributed by atoms with van der Waals surface area (Å²) in [6.45, 7) is 1.91. The van der Waals surface area contributed by atoms with Gasteiger partial charge in [0.1, 0.15) is 5.82 Å². The first kappa shape index (κ1) is 14.1. The number of pyridine rings is 1. The summed E-state index contributed by atoms with van der Waals surface area (Å²) in [5.41, 5.74) is 6.57. The van der Waals surface area contributed by atoms with Crippen LogP contribution in [0.1, 0.15) is 29.6 Å². The molecule has 0 saturated carbocycles. The first-order valence-electron chi connectivity index (χ1n) is 7.41. The van der Waals surface area contributed by atoms with Crippen LogP contribution in [0, 0.1) is 0 Å². The number of esters is 1. The van der Waals surface area contributed by atoms with E-state index in [-0.39, 0.29) is 0 Å². The number of nitrogens with two attached hydrogens (primary N) is 1. The molecule has 3 heterocycles. The fraction of sp³-hybridized carbons (Fsp3) is 0.600. The molecule has 1 aromatic heterocycles. The van der Waals surface area contributed by atoms with Gasteiger partial charge in [0.05, 0.1) is 24.6 Å². The number of ether oxygens (including phenoxy) is 1. The van der Waals surface area contributed by atoms with Crippen molar-refractivity contribution in [3.63, 3.8) is 0 Å². The van der Waals surface area contributed by atoms with Crippen molar-refractivity contribution in [1.82, 2.24) is 9.88 Å². The van der Waals surface area contributed by atoms with Crippen LogP contribution in [-0.2, 0) is 4.74 Å². The number of likely N-dealkylation sites (N-methyl/N-ethyl adjacent to an activating group) is 1. The Balaban J connectivity index is 1.85. The molecule has 0 spiro atoms. The average Bonchev–Trinajstić information content (AvgIpc) is 2.72. The Kier molecular flexibility index (Phi) is 3.71. The van der Waals surface area contributed by atoms with Gasteiger partial charge in [-0.3, -0.25) is 4.90 Å². The van der Waals surface area contributed by atoms with E-state index in [0.717, 1.165) is 25.3 Å². The number of nitrogen functional groups attached to an aromatic ring is 1. The summed E-state index contributed by atoms with van der Waals surface area (Å²) >= 11 is 0. The van der Waals surface area contributed by atoms with Crippen molar-refractivity contribution < 1.29 is 9.53 Å². The molecule has 2 aliphatic rings. The third-order valence-corrected chi connectivity index (χ3v) is 4.80. The summed E-state index contributed by atoms with van der Waals surface area (Å²) in [6, 6.07) is 2.99. The Hall–Kier alpha value is -1.82. The van der Waals surface area contributed by atoms with Crippen molar-refractivity contribution in [2.45, 2.75) is 31.3 Å². The molecular weight excluding hydrogens is 268 g/mol. The maximum atomic E-state index is 11.8. The lowest BCUT2D eigenvalue weighted by molar-refractivity contribution is 0.0602. The van der Waals surface area contributed by atoms with E-state index in [1.165, 1.54) is 20.0 Å². The number of carbonyl (C=O) groups excluding carboxylic acids is 1. The highest BCUT2D eigenvalue weighted by atomic mass is 16.5. The minimum Gasteiger partial charge on any atom is -0.465 e. The molecule has 6 heteroatoms. The zero-order chi connectivity index (χ0) is 15.0. The van der Waals surface area contributed by atoms with Crippen LogP contribution < -0.4 is 10.6 Å². The van der Waals surface area contributed by atoms with Crippen LogP contribution in [0.4, 0.5) is 11.5 Å². The number of carbonyl (C=O) groups is 1. The molecule has 2 bridgehead atoms. The van der Waals surface area contributed by atoms with E-state index in [2.05, 4.69) is 21.8 Å². The van der Waals surface area contributed by atoms with E-state index < -0.39 is 5.97 Å². The van der Waals surface area contributed by atoms with E-state index in [1.807, 2.05) is 0 Å². The second-order valence-electron chi connectivity index (χ2n) is 5.91. The van der Waals surface area contributed by atoms with Crippen LogP contribution in [0.2, 0.25) is 0 Å². The Bertz CT molecular complexity index is 548. The van der Waals surface area contributed by atoms with E-state index in [0.29, 0.717) is 23.3 Å². The van der Waals surface area contributed by atoms with Gasteiger partial charge in [-0.25, -0.2) is 9.78 Å². The zero-order valence-electron chi connectivity index (χ0n) is 12.6. The molecule has 0 amide bonds. The van der Waals surface area contributed by atoms with Gasteiger partial charge < -0.3 is 15.4 Å². The number of anilines is 2. The van der Waals surface area contributed by atoms with Crippen LogP contribution in [0.3, 0.4) is 0 Å². The lowest BCUT2D eigenvalue weighted by atomic mass is 10.1. The van der Waals surface area contributed by atoms with Gasteiger partial charge in [-0.05, 0) is 32.4 Å². The Morgan fingerprint density at radius 1 is 1.38 bits per heavy atom. The Morgan fingerprint density at radius 3 is 2.90 bits per heavy atom. The van der Waals surface area contributed by atoms with Gasteiger partial charge in [-0.2, -0.15) is 0 Å². The van der Waals surface area contributed by atoms with Gasteiger partial charge in [-0.15, -0.1) is 0 Å². The molecule has 21 heavy (non-hydrogen) atoms. The predicted molar refractivity (Wildman–Crippen MR) is 81.4 cm³/mol. The molecule has 2 saturated heterocycles. The third kappa shape index (κ3) is 2.55. The van der Waals surface area contributed by atoms with E-state index in [9.17, 15) is 4.79 Å². The van der Waals surface area contributed by atoms with Crippen LogP contribution >= 0.6 is 0 Å². The third-order valence-electron chi connectivity index (χ3n) is 4.80. The number of hydrogen-bond acceptors (Lipinski definition) is 6. The normalized spacial score (nSPS) is 25.7. The van der Waals surface area contributed by atoms with Crippen LogP contribution in [-0.4, -0.2) is 55.2 Å². The molecule has 3 rings (SSSR count). The molecular formula is C15H22N4O2. The minimum absolute atomic E-state index is 0.360. The molecule has 2 atom stereocenters. The lowest BCUT2D eigenvalue weighted by Crippen LogP contribution is -2.37. The predicted octanol–water partition coefficient (Wildman–Crippen LogP) is 1.12. The Morgan fingerprint density at radius 2 is 2.14 bits per heavy atom. The van der Waals surface area contributed by atoms with Crippen molar-refractivity contribution in [1.29, 1.82) is 0 Å². The number of nitrogens with zero attached hydrogens (tertiary/aromatic N) is 3. The molecule has 0 aromatic carbocycles. The highest BCUT2D eigenvalue weighted by Crippen LogP contribution is 2.30. The smallest absolute Gasteiger partial charge is 0.340 e. The van der Waals surface area contributed by atoms with E-state index in [1.54, 1.807) is 12.3 Å². The topological polar surface area (TPSA) is 71.7 Å². The van der Waals surface area contributed by atoms with Crippen LogP contribution in [0.5, 0.6) is 0 Å². The summed E-state index contributed by atoms with van der Waals surface area (Å²) in [5.74, 6) is 0.398. The number of hydrogen-bond donors (Lipinski definition) is 1. The standard InChI is InChI=1S/C15H22N4O2/c1-18-10-3-4-11(18)9-19(6-5-10)14-7-12(15(20)21-2)13(16)8-17-14/h7-8,10-11H,3-6,9,16H2,1-2H3. The summed E-state index contributed by atoms with van der Waals surface area (Å²) < 4.78 is 4.78. The number of aromatic nitrogens is 1. The molecule has 1 aromatic rings. The van der Waals surface area contributed by atoms with Crippen molar-refractivity contribution in [2.75, 3.05) is 37.9 Å². The molecule has 6 nitrogen and oxygen atoms in total. The monoisotopic (exact) mass is 290 g/mol. The summed E-state index contributed by atoms with van der Waals surface area (Å²) in [5, 5.41) is 0. The highest BCUT2D eigenvalue weighted by molar-refractivity contribution is 5.95. The van der Waals surface area contributed by atoms with Gasteiger partial charge in [0.25, 0.3) is 0 Å². The molecule has 2 aliphatic heterocycles. The van der Waals surface area contributed by atoms with Crippen LogP contribution in [0.15, 0.2) is 12.3 Å². The quantitative estimate of drug-likeness (QED) is 0.823. The fourth-order valence-corrected chi connectivity index (χ4v) is 3.43. The molecule has 2 N–H and O–H groups in total. The first-order valence-corrected chi connectivity index (χ1v) is 7.41. The molecule has 0 aliphatic carbocycles. The molecule has 0 radical (unpaired) electrons. The maximum Gasteiger partial charge on any atom is 0.340 e. The lowest BCUT2D eigenvalue weighted by Gasteiger charge is -2.27. The van der Waals surface area contributed by atoms with Gasteiger partial charge in [0, 0.05) is 25.2 Å². The fourth-order valence-electron chi connectivity index (χ4n) is 3.43. The maximum absolute atomic E-state index is 11.8. The number of fused-ring (bicyclic) bond motifs is 2. The zero-order valence-corrected chi connectivity index (χ0v) is 12.6. The van der Waals surface area contributed by atoms with E-state index >= 15 is 0 Å². The summed E-state index contributed by atoms with van der Waals surface area (Å²) in [4.78, 5) is 20.9. The molecule has 2 unspecified atom stereocenters. The SMILES string of the molecule is COC(=O)c1cc(N2CCC3CCC(C2)N3C)ncc1N. The van der Waals surface area contributed by atoms with Crippen LogP contribution in [0.25, 0.3) is 0 Å². The highest BCUT2D eigenvalue weighted by Gasteiger charge is 2.35. The first-order chi connectivity index (χ1) is 10.1. The summed E-state index contributed by atoms with van der Waals surface area (Å²) in [7, 11) is 3.57. The molecule has 114 valence electrons. The second-order valence-corrected chi connectivity index (χ2v) is 5.91. The largest absolute Gasteiger partial charge is 0.465 e. The molecule has 2 fully saturated rings. The van der Waals surface area contributed by atoms with Crippen molar-refractivity contribution in [2.24, 2.45) is 0 Å². The van der Waals surface area contributed by atoms with Crippen molar-refractivity contribution in [3.05, 3.63) is 17.8 Å². The summed E-state index contributed by atoms with van der Waals surface area (Å²) in [6.07, 6.45) is 5.20. The average molecular weight is 290 g/mol.